The number of aliphatic imine (C=N–C) groups is 1. The summed E-state index contributed by atoms with van der Waals surface area (Å²) in [6.45, 7) is 2.67. The molecule has 0 radical (unpaired) electrons. The molecular formula is C8H16N2O. The van der Waals surface area contributed by atoms with E-state index in [4.69, 9.17) is 10.5 Å². The predicted molar refractivity (Wildman–Crippen MR) is 45.7 cm³/mol. The zero-order valence-electron chi connectivity index (χ0n) is 7.21. The average Bonchev–Trinajstić information content (AvgIpc) is 2.67. The van der Waals surface area contributed by atoms with Gasteiger partial charge < -0.3 is 10.5 Å². The van der Waals surface area contributed by atoms with E-state index < -0.39 is 0 Å². The summed E-state index contributed by atoms with van der Waals surface area (Å²) in [5.74, 6) is 1.39. The summed E-state index contributed by atoms with van der Waals surface area (Å²) in [6.07, 6.45) is 2.43. The van der Waals surface area contributed by atoms with Gasteiger partial charge in [0.2, 0.25) is 0 Å². The van der Waals surface area contributed by atoms with Gasteiger partial charge >= 0.3 is 0 Å². The molecule has 0 amide bonds. The Morgan fingerprint density at radius 2 is 2.36 bits per heavy atom. The second-order valence-corrected chi connectivity index (χ2v) is 3.13. The number of hydrogen-bond acceptors (Lipinski definition) is 2. The maximum Gasteiger partial charge on any atom is 0.0972 e. The van der Waals surface area contributed by atoms with Gasteiger partial charge in [0, 0.05) is 13.0 Å². The van der Waals surface area contributed by atoms with E-state index in [1.54, 1.807) is 7.11 Å². The third-order valence-electron chi connectivity index (χ3n) is 1.77. The van der Waals surface area contributed by atoms with E-state index in [2.05, 4.69) is 4.99 Å². The van der Waals surface area contributed by atoms with Gasteiger partial charge in [0.05, 0.1) is 18.5 Å². The van der Waals surface area contributed by atoms with E-state index >= 15 is 0 Å². The van der Waals surface area contributed by atoms with Gasteiger partial charge in [-0.15, -0.1) is 0 Å². The Bertz CT molecular complexity index is 152. The van der Waals surface area contributed by atoms with E-state index in [1.165, 1.54) is 12.8 Å². The van der Waals surface area contributed by atoms with E-state index in [-0.39, 0.29) is 6.04 Å². The molecule has 0 spiro atoms. The van der Waals surface area contributed by atoms with Crippen LogP contribution in [0.2, 0.25) is 0 Å². The van der Waals surface area contributed by atoms with Crippen LogP contribution in [0.1, 0.15) is 19.8 Å². The summed E-state index contributed by atoms with van der Waals surface area (Å²) < 4.78 is 4.94. The number of nitrogens with two attached hydrogens (primary N) is 1. The molecule has 0 aliphatic heterocycles. The smallest absolute Gasteiger partial charge is 0.0972 e. The maximum absolute atomic E-state index is 5.70. The number of rotatable bonds is 4. The van der Waals surface area contributed by atoms with E-state index in [1.807, 2.05) is 6.92 Å². The first kappa shape index (κ1) is 8.53. The van der Waals surface area contributed by atoms with Crippen molar-refractivity contribution in [3.63, 3.8) is 0 Å². The second kappa shape index (κ2) is 3.72. The number of hydrogen-bond donors (Lipinski definition) is 1. The topological polar surface area (TPSA) is 47.6 Å². The summed E-state index contributed by atoms with van der Waals surface area (Å²) in [6, 6.07) is 0.209. The molecule has 1 saturated carbocycles. The Hall–Kier alpha value is -0.570. The summed E-state index contributed by atoms with van der Waals surface area (Å²) in [5.41, 5.74) is 5.70. The largest absolute Gasteiger partial charge is 0.387 e. The minimum atomic E-state index is 0.209. The number of methoxy groups -OCH3 is 1. The molecule has 0 aromatic heterocycles. The first-order chi connectivity index (χ1) is 5.24. The summed E-state index contributed by atoms with van der Waals surface area (Å²) in [5, 5.41) is 0. The third kappa shape index (κ3) is 2.89. The maximum atomic E-state index is 5.70. The molecule has 1 rings (SSSR count). The lowest BCUT2D eigenvalue weighted by Gasteiger charge is -2.05. The molecule has 64 valence electrons. The van der Waals surface area contributed by atoms with Gasteiger partial charge in [0.15, 0.2) is 0 Å². The SMILES string of the molecule is COCC(C)N=C(N)C1CC1. The normalized spacial score (nSPS) is 21.8. The molecule has 3 heteroatoms. The van der Waals surface area contributed by atoms with Crippen LogP contribution in [0.15, 0.2) is 4.99 Å². The van der Waals surface area contributed by atoms with Crippen molar-refractivity contribution in [2.75, 3.05) is 13.7 Å². The van der Waals surface area contributed by atoms with Crippen molar-refractivity contribution < 1.29 is 4.74 Å². The minimum absolute atomic E-state index is 0.209. The van der Waals surface area contributed by atoms with Crippen LogP contribution in [0.4, 0.5) is 0 Å². The Labute approximate surface area is 67.6 Å². The minimum Gasteiger partial charge on any atom is -0.387 e. The molecule has 3 nitrogen and oxygen atoms in total. The van der Waals surface area contributed by atoms with Crippen LogP contribution in [0.3, 0.4) is 0 Å². The second-order valence-electron chi connectivity index (χ2n) is 3.13. The van der Waals surface area contributed by atoms with E-state index in [9.17, 15) is 0 Å². The Morgan fingerprint density at radius 1 is 1.73 bits per heavy atom. The summed E-state index contributed by atoms with van der Waals surface area (Å²) in [4.78, 5) is 4.30. The highest BCUT2D eigenvalue weighted by atomic mass is 16.5. The first-order valence-electron chi connectivity index (χ1n) is 4.06. The van der Waals surface area contributed by atoms with Gasteiger partial charge in [0.1, 0.15) is 0 Å². The highest BCUT2D eigenvalue weighted by Crippen LogP contribution is 2.28. The average molecular weight is 156 g/mol. The predicted octanol–water partition coefficient (Wildman–Crippen LogP) is 0.789. The van der Waals surface area contributed by atoms with Crippen molar-refractivity contribution in [1.29, 1.82) is 0 Å². The Kier molecular flexibility index (Phi) is 2.88. The molecule has 1 atom stereocenters. The molecule has 1 aliphatic carbocycles. The Balaban J connectivity index is 2.29. The number of amidine groups is 1. The van der Waals surface area contributed by atoms with Gasteiger partial charge in [-0.25, -0.2) is 0 Å². The lowest BCUT2D eigenvalue weighted by molar-refractivity contribution is 0.185. The van der Waals surface area contributed by atoms with Crippen LogP contribution in [0.25, 0.3) is 0 Å². The lowest BCUT2D eigenvalue weighted by atomic mass is 10.3. The van der Waals surface area contributed by atoms with Crippen LogP contribution in [0, 0.1) is 5.92 Å². The Morgan fingerprint density at radius 3 is 2.82 bits per heavy atom. The van der Waals surface area contributed by atoms with Gasteiger partial charge in [-0.05, 0) is 19.8 Å². The summed E-state index contributed by atoms with van der Waals surface area (Å²) >= 11 is 0. The standard InChI is InChI=1S/C8H16N2O/c1-6(5-11-2)10-8(9)7-3-4-7/h6-7H,3-5H2,1-2H3,(H2,9,10). The van der Waals surface area contributed by atoms with Crippen molar-refractivity contribution >= 4 is 5.84 Å². The molecule has 0 saturated heterocycles. The highest BCUT2D eigenvalue weighted by Gasteiger charge is 2.25. The van der Waals surface area contributed by atoms with Crippen molar-refractivity contribution in [1.82, 2.24) is 0 Å². The molecule has 0 bridgehead atoms. The zero-order chi connectivity index (χ0) is 8.27. The molecule has 0 aromatic carbocycles. The molecular weight excluding hydrogens is 140 g/mol. The first-order valence-corrected chi connectivity index (χ1v) is 4.06. The van der Waals surface area contributed by atoms with Crippen molar-refractivity contribution in [3.8, 4) is 0 Å². The van der Waals surface area contributed by atoms with Crippen LogP contribution in [-0.2, 0) is 4.74 Å². The third-order valence-corrected chi connectivity index (χ3v) is 1.77. The van der Waals surface area contributed by atoms with Gasteiger partial charge in [-0.1, -0.05) is 0 Å². The zero-order valence-corrected chi connectivity index (χ0v) is 7.21. The van der Waals surface area contributed by atoms with Crippen molar-refractivity contribution in [2.24, 2.45) is 16.6 Å². The van der Waals surface area contributed by atoms with Gasteiger partial charge in [-0.3, -0.25) is 4.99 Å². The monoisotopic (exact) mass is 156 g/mol. The van der Waals surface area contributed by atoms with Crippen LogP contribution in [0.5, 0.6) is 0 Å². The molecule has 1 aliphatic rings. The molecule has 0 heterocycles. The van der Waals surface area contributed by atoms with E-state index in [0.717, 1.165) is 5.84 Å². The van der Waals surface area contributed by atoms with Gasteiger partial charge in [0.25, 0.3) is 0 Å². The fourth-order valence-corrected chi connectivity index (χ4v) is 1.02. The number of nitrogens with zero attached hydrogens (tertiary/aromatic N) is 1. The van der Waals surface area contributed by atoms with E-state index in [0.29, 0.717) is 12.5 Å². The molecule has 2 N–H and O–H groups in total. The lowest BCUT2D eigenvalue weighted by Crippen LogP contribution is -2.19. The van der Waals surface area contributed by atoms with Crippen LogP contribution in [-0.4, -0.2) is 25.6 Å². The fraction of sp³-hybridized carbons (Fsp3) is 0.875. The molecule has 0 aromatic rings. The number of ether oxygens (including phenoxy) is 1. The van der Waals surface area contributed by atoms with Crippen LogP contribution >= 0.6 is 0 Å². The fourth-order valence-electron chi connectivity index (χ4n) is 1.02. The van der Waals surface area contributed by atoms with Crippen molar-refractivity contribution in [2.45, 2.75) is 25.8 Å². The molecule has 1 fully saturated rings. The molecule has 11 heavy (non-hydrogen) atoms. The highest BCUT2D eigenvalue weighted by molar-refractivity contribution is 5.85. The van der Waals surface area contributed by atoms with Crippen molar-refractivity contribution in [3.05, 3.63) is 0 Å². The summed E-state index contributed by atoms with van der Waals surface area (Å²) in [7, 11) is 1.68. The molecule has 1 unspecified atom stereocenters. The quantitative estimate of drug-likeness (QED) is 0.483. The van der Waals surface area contributed by atoms with Crippen LogP contribution < -0.4 is 5.73 Å². The van der Waals surface area contributed by atoms with Gasteiger partial charge in [-0.2, -0.15) is 0 Å².